The van der Waals surface area contributed by atoms with Crippen LogP contribution in [0.15, 0.2) is 77.7 Å². The first-order chi connectivity index (χ1) is 13.5. The Bertz CT molecular complexity index is 1090. The number of hydrogen-bond donors (Lipinski definition) is 1. The van der Waals surface area contributed by atoms with Crippen molar-refractivity contribution in [2.45, 2.75) is 24.5 Å². The van der Waals surface area contributed by atoms with Crippen LogP contribution in [0.25, 0.3) is 0 Å². The quantitative estimate of drug-likeness (QED) is 0.716. The lowest BCUT2D eigenvalue weighted by Gasteiger charge is -2.37. The zero-order chi connectivity index (χ0) is 19.7. The van der Waals surface area contributed by atoms with Gasteiger partial charge in [0.15, 0.2) is 0 Å². The van der Waals surface area contributed by atoms with E-state index in [1.807, 2.05) is 61.5 Å². The molecule has 0 radical (unpaired) electrons. The van der Waals surface area contributed by atoms with Gasteiger partial charge < -0.3 is 10.1 Å². The number of methoxy groups -OCH3 is 1. The summed E-state index contributed by atoms with van der Waals surface area (Å²) in [6, 6.07) is 22.4. The molecule has 3 aromatic carbocycles. The second kappa shape index (κ2) is 7.30. The van der Waals surface area contributed by atoms with Crippen LogP contribution in [0.1, 0.15) is 22.9 Å². The van der Waals surface area contributed by atoms with Crippen molar-refractivity contribution in [3.05, 3.63) is 89.5 Å². The lowest BCUT2D eigenvalue weighted by Crippen LogP contribution is -2.42. The van der Waals surface area contributed by atoms with Gasteiger partial charge in [-0.3, -0.25) is 0 Å². The van der Waals surface area contributed by atoms with Crippen LogP contribution in [0, 0.1) is 6.92 Å². The third-order valence-corrected chi connectivity index (χ3v) is 6.78. The molecule has 1 N–H and O–H groups in total. The van der Waals surface area contributed by atoms with Crippen LogP contribution >= 0.6 is 0 Å². The van der Waals surface area contributed by atoms with Crippen LogP contribution in [-0.2, 0) is 16.6 Å². The summed E-state index contributed by atoms with van der Waals surface area (Å²) >= 11 is 0. The average molecular weight is 394 g/mol. The Hall–Kier alpha value is -2.83. The van der Waals surface area contributed by atoms with Gasteiger partial charge in [0.05, 0.1) is 12.8 Å². The summed E-state index contributed by atoms with van der Waals surface area (Å²) in [5.41, 5.74) is 3.51. The van der Waals surface area contributed by atoms with Crippen LogP contribution in [-0.4, -0.2) is 19.8 Å². The number of sulfonamides is 1. The minimum atomic E-state index is -3.67. The average Bonchev–Trinajstić information content (AvgIpc) is 2.70. The van der Waals surface area contributed by atoms with E-state index < -0.39 is 16.2 Å². The number of nitrogens with zero attached hydrogens (tertiary/aromatic N) is 1. The van der Waals surface area contributed by atoms with Gasteiger partial charge in [0.2, 0.25) is 10.0 Å². The molecule has 0 saturated carbocycles. The summed E-state index contributed by atoms with van der Waals surface area (Å²) in [4.78, 5) is 0.299. The zero-order valence-corrected chi connectivity index (χ0v) is 16.6. The highest BCUT2D eigenvalue weighted by molar-refractivity contribution is 7.89. The molecule has 1 aliphatic heterocycles. The van der Waals surface area contributed by atoms with Gasteiger partial charge in [-0.15, -0.1) is 0 Å². The molecular weight excluding hydrogens is 372 g/mol. The van der Waals surface area contributed by atoms with Crippen LogP contribution in [0.4, 0.5) is 5.69 Å². The van der Waals surface area contributed by atoms with Gasteiger partial charge in [0, 0.05) is 6.54 Å². The maximum atomic E-state index is 13.5. The zero-order valence-electron chi connectivity index (χ0n) is 15.8. The second-order valence-corrected chi connectivity index (χ2v) is 8.71. The standard InChI is InChI=1S/C22H22N2O3S/c1-16-6-5-7-18(14-16)22-23-20-8-3-4-9-21(20)28(25,26)24(22)15-17-10-12-19(27-2)13-11-17/h3-14,22-23H,15H2,1-2H3/t22-/m1/s1. The molecule has 3 aromatic rings. The van der Waals surface area contributed by atoms with Crippen molar-refractivity contribution in [1.29, 1.82) is 0 Å². The number of para-hydroxylation sites is 1. The number of aryl methyl sites for hydroxylation is 1. The number of anilines is 1. The molecule has 4 rings (SSSR count). The molecule has 0 saturated heterocycles. The summed E-state index contributed by atoms with van der Waals surface area (Å²) in [6.45, 7) is 2.26. The Kier molecular flexibility index (Phi) is 4.83. The van der Waals surface area contributed by atoms with Crippen molar-refractivity contribution in [3.8, 4) is 5.75 Å². The molecule has 1 atom stereocenters. The van der Waals surface area contributed by atoms with E-state index in [4.69, 9.17) is 4.74 Å². The third kappa shape index (κ3) is 3.37. The third-order valence-electron chi connectivity index (χ3n) is 4.91. The largest absolute Gasteiger partial charge is 0.497 e. The molecule has 1 aliphatic rings. The fraction of sp³-hybridized carbons (Fsp3) is 0.182. The lowest BCUT2D eigenvalue weighted by atomic mass is 10.1. The van der Waals surface area contributed by atoms with Gasteiger partial charge in [-0.2, -0.15) is 4.31 Å². The number of nitrogens with one attached hydrogen (secondary N) is 1. The minimum Gasteiger partial charge on any atom is -0.497 e. The molecule has 0 aliphatic carbocycles. The van der Waals surface area contributed by atoms with Gasteiger partial charge in [-0.1, -0.05) is 54.1 Å². The van der Waals surface area contributed by atoms with Gasteiger partial charge in [0.1, 0.15) is 16.8 Å². The molecular formula is C22H22N2O3S. The Balaban J connectivity index is 1.80. The summed E-state index contributed by atoms with van der Waals surface area (Å²) in [7, 11) is -2.06. The highest BCUT2D eigenvalue weighted by Crippen LogP contribution is 2.39. The van der Waals surface area contributed by atoms with Crippen molar-refractivity contribution in [1.82, 2.24) is 4.31 Å². The Morgan fingerprint density at radius 2 is 1.75 bits per heavy atom. The predicted octanol–water partition coefficient (Wildman–Crippen LogP) is 4.32. The van der Waals surface area contributed by atoms with Crippen LogP contribution in [0.5, 0.6) is 5.75 Å². The molecule has 6 heteroatoms. The highest BCUT2D eigenvalue weighted by atomic mass is 32.2. The number of hydrogen-bond acceptors (Lipinski definition) is 4. The molecule has 0 fully saturated rings. The maximum absolute atomic E-state index is 13.5. The van der Waals surface area contributed by atoms with Crippen molar-refractivity contribution in [2.24, 2.45) is 0 Å². The van der Waals surface area contributed by atoms with E-state index in [-0.39, 0.29) is 6.54 Å². The molecule has 1 heterocycles. The van der Waals surface area contributed by atoms with Gasteiger partial charge >= 0.3 is 0 Å². The summed E-state index contributed by atoms with van der Waals surface area (Å²) in [5, 5.41) is 3.41. The van der Waals surface area contributed by atoms with E-state index in [0.717, 1.165) is 22.4 Å². The summed E-state index contributed by atoms with van der Waals surface area (Å²) < 4.78 is 33.6. The fourth-order valence-corrected chi connectivity index (χ4v) is 5.15. The Morgan fingerprint density at radius 1 is 1.00 bits per heavy atom. The van der Waals surface area contributed by atoms with Crippen molar-refractivity contribution >= 4 is 15.7 Å². The molecule has 5 nitrogen and oxygen atoms in total. The van der Waals surface area contributed by atoms with Crippen LogP contribution in [0.3, 0.4) is 0 Å². The predicted molar refractivity (Wildman–Crippen MR) is 110 cm³/mol. The summed E-state index contributed by atoms with van der Waals surface area (Å²) in [6.07, 6.45) is -0.484. The van der Waals surface area contributed by atoms with Crippen molar-refractivity contribution in [2.75, 3.05) is 12.4 Å². The summed E-state index contributed by atoms with van der Waals surface area (Å²) in [5.74, 6) is 0.740. The lowest BCUT2D eigenvalue weighted by molar-refractivity contribution is 0.336. The highest BCUT2D eigenvalue weighted by Gasteiger charge is 2.38. The molecule has 0 unspecified atom stereocenters. The van der Waals surface area contributed by atoms with Gasteiger partial charge in [-0.05, 0) is 42.3 Å². The van der Waals surface area contributed by atoms with E-state index in [2.05, 4.69) is 5.32 Å². The Morgan fingerprint density at radius 3 is 2.46 bits per heavy atom. The Labute approximate surface area is 165 Å². The van der Waals surface area contributed by atoms with Crippen molar-refractivity contribution in [3.63, 3.8) is 0 Å². The molecule has 0 spiro atoms. The van der Waals surface area contributed by atoms with Crippen LogP contribution < -0.4 is 10.1 Å². The first-order valence-corrected chi connectivity index (χ1v) is 10.5. The number of ether oxygens (including phenoxy) is 1. The topological polar surface area (TPSA) is 58.6 Å². The number of benzene rings is 3. The molecule has 0 aromatic heterocycles. The van der Waals surface area contributed by atoms with E-state index in [1.165, 1.54) is 4.31 Å². The van der Waals surface area contributed by atoms with Gasteiger partial charge in [0.25, 0.3) is 0 Å². The van der Waals surface area contributed by atoms with Crippen LogP contribution in [0.2, 0.25) is 0 Å². The fourth-order valence-electron chi connectivity index (χ4n) is 3.47. The van der Waals surface area contributed by atoms with Crippen molar-refractivity contribution < 1.29 is 13.2 Å². The number of rotatable bonds is 4. The molecule has 0 bridgehead atoms. The van der Waals surface area contributed by atoms with Gasteiger partial charge in [-0.25, -0.2) is 8.42 Å². The van der Waals surface area contributed by atoms with E-state index in [9.17, 15) is 8.42 Å². The van der Waals surface area contributed by atoms with E-state index in [1.54, 1.807) is 25.3 Å². The molecule has 0 amide bonds. The normalized spacial score (nSPS) is 18.1. The maximum Gasteiger partial charge on any atom is 0.247 e. The molecule has 144 valence electrons. The second-order valence-electron chi connectivity index (χ2n) is 6.86. The van der Waals surface area contributed by atoms with E-state index in [0.29, 0.717) is 10.6 Å². The first-order valence-electron chi connectivity index (χ1n) is 9.06. The molecule has 28 heavy (non-hydrogen) atoms. The SMILES string of the molecule is COc1ccc(CN2[C@H](c3cccc(C)c3)Nc3ccccc3S2(=O)=O)cc1. The monoisotopic (exact) mass is 394 g/mol. The minimum absolute atomic E-state index is 0.256. The van der Waals surface area contributed by atoms with E-state index >= 15 is 0 Å². The smallest absolute Gasteiger partial charge is 0.247 e. The number of fused-ring (bicyclic) bond motifs is 1. The first kappa shape index (κ1) is 18.5.